The molecule has 0 aromatic carbocycles. The molecule has 0 unspecified atom stereocenters. The highest BCUT2D eigenvalue weighted by Crippen LogP contribution is 1.79. The van der Waals surface area contributed by atoms with E-state index in [2.05, 4.69) is 22.7 Å². The molecular weight excluding hydrogens is 134 g/mol. The molecule has 0 radical (unpaired) electrons. The zero-order valence-corrected chi connectivity index (χ0v) is 6.46. The molecule has 0 spiro atoms. The van der Waals surface area contributed by atoms with Gasteiger partial charge in [0, 0.05) is 5.71 Å². The van der Waals surface area contributed by atoms with Crippen molar-refractivity contribution in [2.24, 2.45) is 10.8 Å². The summed E-state index contributed by atoms with van der Waals surface area (Å²) in [6.07, 6.45) is 0.912. The Labute approximate surface area is 60.3 Å². The molecule has 52 valence electrons. The summed E-state index contributed by atoms with van der Waals surface area (Å²) in [5, 5.41) is 4.05. The van der Waals surface area contributed by atoms with Crippen molar-refractivity contribution in [1.82, 2.24) is 5.43 Å². The van der Waals surface area contributed by atoms with Gasteiger partial charge in [-0.3, -0.25) is 5.43 Å². The highest BCUT2D eigenvalue weighted by molar-refractivity contribution is 7.80. The van der Waals surface area contributed by atoms with Crippen molar-refractivity contribution in [2.75, 3.05) is 0 Å². The predicted octanol–water partition coefficient (Wildman–Crippen LogP) is 0.606. The third-order valence-corrected chi connectivity index (χ3v) is 0.960. The van der Waals surface area contributed by atoms with E-state index in [9.17, 15) is 0 Å². The molecule has 0 aliphatic carbocycles. The van der Waals surface area contributed by atoms with Crippen molar-refractivity contribution in [1.29, 1.82) is 0 Å². The largest absolute Gasteiger partial charge is 0.375 e. The van der Waals surface area contributed by atoms with Crippen molar-refractivity contribution < 1.29 is 0 Å². The Morgan fingerprint density at radius 2 is 2.33 bits per heavy atom. The molecule has 0 aromatic heterocycles. The minimum absolute atomic E-state index is 0.211. The number of hydrogen-bond donors (Lipinski definition) is 2. The van der Waals surface area contributed by atoms with Crippen LogP contribution in [0.3, 0.4) is 0 Å². The molecule has 9 heavy (non-hydrogen) atoms. The topological polar surface area (TPSA) is 50.4 Å². The van der Waals surface area contributed by atoms with Gasteiger partial charge in [0.05, 0.1) is 0 Å². The SMILES string of the molecule is CC/C(C)=N\NC(N)=S. The molecule has 4 heteroatoms. The van der Waals surface area contributed by atoms with Gasteiger partial charge in [-0.25, -0.2) is 0 Å². The van der Waals surface area contributed by atoms with Crippen molar-refractivity contribution in [3.63, 3.8) is 0 Å². The summed E-state index contributed by atoms with van der Waals surface area (Å²) >= 11 is 4.52. The minimum atomic E-state index is 0.211. The van der Waals surface area contributed by atoms with Gasteiger partial charge in [-0.05, 0) is 25.6 Å². The van der Waals surface area contributed by atoms with Gasteiger partial charge in [0.25, 0.3) is 0 Å². The molecule has 0 fully saturated rings. The fourth-order valence-electron chi connectivity index (χ4n) is 0.230. The summed E-state index contributed by atoms with van der Waals surface area (Å²) in [6.45, 7) is 3.92. The fraction of sp³-hybridized carbons (Fsp3) is 0.600. The first-order valence-corrected chi connectivity index (χ1v) is 3.16. The number of rotatable bonds is 2. The van der Waals surface area contributed by atoms with E-state index < -0.39 is 0 Å². The smallest absolute Gasteiger partial charge is 0.184 e. The van der Waals surface area contributed by atoms with Crippen LogP contribution in [-0.2, 0) is 0 Å². The summed E-state index contributed by atoms with van der Waals surface area (Å²) < 4.78 is 0. The molecule has 0 bridgehead atoms. The second-order valence-corrected chi connectivity index (χ2v) is 2.12. The summed E-state index contributed by atoms with van der Waals surface area (Å²) in [6, 6.07) is 0. The minimum Gasteiger partial charge on any atom is -0.375 e. The Morgan fingerprint density at radius 3 is 2.67 bits per heavy atom. The van der Waals surface area contributed by atoms with Crippen LogP contribution in [0.1, 0.15) is 20.3 Å². The van der Waals surface area contributed by atoms with Gasteiger partial charge in [-0.15, -0.1) is 0 Å². The Kier molecular flexibility index (Phi) is 3.96. The van der Waals surface area contributed by atoms with E-state index in [4.69, 9.17) is 5.73 Å². The Morgan fingerprint density at radius 1 is 1.78 bits per heavy atom. The lowest BCUT2D eigenvalue weighted by Gasteiger charge is -1.95. The van der Waals surface area contributed by atoms with Gasteiger partial charge in [-0.1, -0.05) is 6.92 Å². The van der Waals surface area contributed by atoms with Gasteiger partial charge in [0.15, 0.2) is 5.11 Å². The standard InChI is InChI=1S/C5H11N3S/c1-3-4(2)7-8-5(6)9/h3H2,1-2H3,(H3,6,8,9)/b7-4-. The highest BCUT2D eigenvalue weighted by Gasteiger charge is 1.83. The van der Waals surface area contributed by atoms with E-state index in [1.54, 1.807) is 0 Å². The zero-order valence-electron chi connectivity index (χ0n) is 5.64. The summed E-state index contributed by atoms with van der Waals surface area (Å²) in [5.74, 6) is 0. The number of nitrogens with zero attached hydrogens (tertiary/aromatic N) is 1. The van der Waals surface area contributed by atoms with Crippen LogP contribution in [0, 0.1) is 0 Å². The van der Waals surface area contributed by atoms with Gasteiger partial charge < -0.3 is 5.73 Å². The maximum Gasteiger partial charge on any atom is 0.184 e. The first-order valence-electron chi connectivity index (χ1n) is 2.75. The number of nitrogens with one attached hydrogen (secondary N) is 1. The van der Waals surface area contributed by atoms with Crippen molar-refractivity contribution in [3.05, 3.63) is 0 Å². The van der Waals surface area contributed by atoms with Crippen LogP contribution in [0.25, 0.3) is 0 Å². The number of hydrazone groups is 1. The maximum absolute atomic E-state index is 5.11. The third-order valence-electron chi connectivity index (χ3n) is 0.869. The van der Waals surface area contributed by atoms with Crippen LogP contribution in [0.2, 0.25) is 0 Å². The van der Waals surface area contributed by atoms with E-state index >= 15 is 0 Å². The zero-order chi connectivity index (χ0) is 7.28. The molecule has 0 aromatic rings. The van der Waals surface area contributed by atoms with Gasteiger partial charge in [-0.2, -0.15) is 5.10 Å². The molecule has 0 aliphatic rings. The molecule has 0 aliphatic heterocycles. The quantitative estimate of drug-likeness (QED) is 0.340. The molecule has 0 amide bonds. The second kappa shape index (κ2) is 4.26. The van der Waals surface area contributed by atoms with Gasteiger partial charge in [0.2, 0.25) is 0 Å². The number of nitrogens with two attached hydrogens (primary N) is 1. The first-order chi connectivity index (χ1) is 4.16. The molecular formula is C5H11N3S. The summed E-state index contributed by atoms with van der Waals surface area (Å²) in [5.41, 5.74) is 8.59. The van der Waals surface area contributed by atoms with E-state index in [1.165, 1.54) is 0 Å². The lowest BCUT2D eigenvalue weighted by molar-refractivity contribution is 1.01. The fourth-order valence-corrected chi connectivity index (χ4v) is 0.275. The average molecular weight is 145 g/mol. The second-order valence-electron chi connectivity index (χ2n) is 1.68. The van der Waals surface area contributed by atoms with Crippen LogP contribution in [-0.4, -0.2) is 10.8 Å². The molecule has 0 atom stereocenters. The molecule has 3 nitrogen and oxygen atoms in total. The molecule has 0 rings (SSSR count). The maximum atomic E-state index is 5.11. The van der Waals surface area contributed by atoms with Crippen molar-refractivity contribution in [2.45, 2.75) is 20.3 Å². The molecule has 0 saturated carbocycles. The first kappa shape index (κ1) is 8.36. The molecule has 0 heterocycles. The van der Waals surface area contributed by atoms with Crippen molar-refractivity contribution >= 4 is 23.0 Å². The van der Waals surface area contributed by atoms with Crippen LogP contribution >= 0.6 is 12.2 Å². The average Bonchev–Trinajstić information content (AvgIpc) is 1.83. The van der Waals surface area contributed by atoms with Gasteiger partial charge >= 0.3 is 0 Å². The molecule has 0 saturated heterocycles. The predicted molar refractivity (Wildman–Crippen MR) is 43.3 cm³/mol. The van der Waals surface area contributed by atoms with Crippen molar-refractivity contribution in [3.8, 4) is 0 Å². The number of thiocarbonyl (C=S) groups is 1. The number of hydrogen-bond acceptors (Lipinski definition) is 2. The summed E-state index contributed by atoms with van der Waals surface area (Å²) in [4.78, 5) is 0. The molecule has 3 N–H and O–H groups in total. The summed E-state index contributed by atoms with van der Waals surface area (Å²) in [7, 11) is 0. The van der Waals surface area contributed by atoms with Crippen LogP contribution in [0.4, 0.5) is 0 Å². The van der Waals surface area contributed by atoms with Crippen LogP contribution in [0.15, 0.2) is 5.10 Å². The van der Waals surface area contributed by atoms with E-state index in [0.717, 1.165) is 12.1 Å². The van der Waals surface area contributed by atoms with Gasteiger partial charge in [0.1, 0.15) is 0 Å². The van der Waals surface area contributed by atoms with Crippen LogP contribution < -0.4 is 11.2 Å². The van der Waals surface area contributed by atoms with Crippen LogP contribution in [0.5, 0.6) is 0 Å². The Balaban J connectivity index is 3.56. The monoisotopic (exact) mass is 145 g/mol. The lowest BCUT2D eigenvalue weighted by atomic mass is 10.3. The Bertz CT molecular complexity index is 130. The Hall–Kier alpha value is -0.640. The van der Waals surface area contributed by atoms with E-state index in [-0.39, 0.29) is 5.11 Å². The van der Waals surface area contributed by atoms with E-state index in [1.807, 2.05) is 13.8 Å². The van der Waals surface area contributed by atoms with E-state index in [0.29, 0.717) is 0 Å². The highest BCUT2D eigenvalue weighted by atomic mass is 32.1. The normalized spacial score (nSPS) is 11.1. The third kappa shape index (κ3) is 5.23. The lowest BCUT2D eigenvalue weighted by Crippen LogP contribution is -2.24.